The van der Waals surface area contributed by atoms with Gasteiger partial charge in [0.15, 0.2) is 5.75 Å². The van der Waals surface area contributed by atoms with Crippen molar-refractivity contribution in [3.05, 3.63) is 136 Å². The first-order valence-electron chi connectivity index (χ1n) is 15.2. The smallest absolute Gasteiger partial charge is 0.321 e. The van der Waals surface area contributed by atoms with Crippen LogP contribution in [0.25, 0.3) is 46.1 Å². The number of aromatic amines is 1. The van der Waals surface area contributed by atoms with E-state index >= 15 is 0 Å². The Morgan fingerprint density at radius 1 is 0.891 bits per heavy atom. The van der Waals surface area contributed by atoms with Crippen molar-refractivity contribution >= 4 is 23.7 Å². The molecule has 0 bridgehead atoms. The van der Waals surface area contributed by atoms with Gasteiger partial charge in [-0.05, 0) is 61.1 Å². The molecule has 0 aliphatic carbocycles. The highest BCUT2D eigenvalue weighted by Crippen LogP contribution is 2.39. The van der Waals surface area contributed by atoms with Crippen LogP contribution in [-0.4, -0.2) is 34.5 Å². The molecule has 8 nitrogen and oxygen atoms in total. The number of imidazole rings is 1. The molecule has 0 fully saturated rings. The quantitative estimate of drug-likeness (QED) is 0.0599. The van der Waals surface area contributed by atoms with Gasteiger partial charge in [-0.25, -0.2) is 4.98 Å². The summed E-state index contributed by atoms with van der Waals surface area (Å²) in [5.41, 5.74) is 6.48. The van der Waals surface area contributed by atoms with Crippen LogP contribution in [0, 0.1) is 10.1 Å². The maximum atomic E-state index is 12.4. The summed E-state index contributed by atoms with van der Waals surface area (Å²) in [6, 6.07) is 31.0. The number of carbonyl (C=O) groups excluding carboxylic acids is 1. The zero-order chi connectivity index (χ0) is 32.3. The molecule has 0 atom stereocenters. The number of aromatic nitrogens is 2. The minimum atomic E-state index is -0.454. The molecule has 5 aromatic rings. The lowest BCUT2D eigenvalue weighted by Gasteiger charge is -2.05. The minimum absolute atomic E-state index is 0.135. The zero-order valence-corrected chi connectivity index (χ0v) is 25.9. The number of rotatable bonds is 13. The Morgan fingerprint density at radius 2 is 1.59 bits per heavy atom. The Kier molecular flexibility index (Phi) is 10.5. The van der Waals surface area contributed by atoms with Gasteiger partial charge in [-0.1, -0.05) is 97.1 Å². The second-order valence-corrected chi connectivity index (χ2v) is 10.7. The van der Waals surface area contributed by atoms with Gasteiger partial charge >= 0.3 is 5.69 Å². The van der Waals surface area contributed by atoms with Crippen LogP contribution in [0.1, 0.15) is 36.5 Å². The normalized spacial score (nSPS) is 11.3. The average molecular weight is 613 g/mol. The predicted molar refractivity (Wildman–Crippen MR) is 184 cm³/mol. The highest BCUT2D eigenvalue weighted by Gasteiger charge is 2.25. The van der Waals surface area contributed by atoms with Gasteiger partial charge in [-0.2, -0.15) is 0 Å². The summed E-state index contributed by atoms with van der Waals surface area (Å²) in [4.78, 5) is 32.2. The van der Waals surface area contributed by atoms with Crippen LogP contribution < -0.4 is 10.1 Å². The van der Waals surface area contributed by atoms with E-state index in [4.69, 9.17) is 9.72 Å². The fourth-order valence-electron chi connectivity index (χ4n) is 5.23. The number of amides is 1. The minimum Gasteiger partial charge on any atom is -0.490 e. The van der Waals surface area contributed by atoms with Crippen LogP contribution in [0.4, 0.5) is 5.69 Å². The summed E-state index contributed by atoms with van der Waals surface area (Å²) >= 11 is 0. The van der Waals surface area contributed by atoms with Gasteiger partial charge in [0.25, 0.3) is 0 Å². The molecular weight excluding hydrogens is 576 g/mol. The van der Waals surface area contributed by atoms with Gasteiger partial charge in [-0.15, -0.1) is 0 Å². The van der Waals surface area contributed by atoms with Crippen molar-refractivity contribution in [2.24, 2.45) is 0 Å². The van der Waals surface area contributed by atoms with Crippen LogP contribution in [0.5, 0.6) is 5.75 Å². The lowest BCUT2D eigenvalue weighted by Crippen LogP contribution is -2.22. The number of allylic oxidation sites excluding steroid dienone is 1. The maximum Gasteiger partial charge on any atom is 0.321 e. The molecule has 232 valence electrons. The van der Waals surface area contributed by atoms with Gasteiger partial charge in [-0.3, -0.25) is 14.9 Å². The number of methoxy groups -OCH3 is 1. The summed E-state index contributed by atoms with van der Waals surface area (Å²) < 4.78 is 5.29. The molecule has 8 heteroatoms. The molecule has 46 heavy (non-hydrogen) atoms. The molecule has 1 amide bonds. The second kappa shape index (κ2) is 15.3. The van der Waals surface area contributed by atoms with Crippen LogP contribution in [0.15, 0.2) is 109 Å². The van der Waals surface area contributed by atoms with Crippen LogP contribution in [0.2, 0.25) is 0 Å². The van der Waals surface area contributed by atoms with Crippen molar-refractivity contribution in [2.75, 3.05) is 13.7 Å². The van der Waals surface area contributed by atoms with E-state index in [1.165, 1.54) is 12.7 Å². The number of nitrogens with one attached hydrogen (secondary N) is 2. The van der Waals surface area contributed by atoms with E-state index in [0.717, 1.165) is 47.2 Å². The van der Waals surface area contributed by atoms with E-state index < -0.39 is 4.92 Å². The van der Waals surface area contributed by atoms with Crippen molar-refractivity contribution in [3.63, 3.8) is 0 Å². The van der Waals surface area contributed by atoms with E-state index in [0.29, 0.717) is 23.6 Å². The Morgan fingerprint density at radius 3 is 2.26 bits per heavy atom. The van der Waals surface area contributed by atoms with Crippen LogP contribution >= 0.6 is 0 Å². The third kappa shape index (κ3) is 7.84. The molecule has 0 radical (unpaired) electrons. The molecule has 5 rings (SSSR count). The molecule has 0 aliphatic rings. The van der Waals surface area contributed by atoms with E-state index in [-0.39, 0.29) is 17.3 Å². The largest absolute Gasteiger partial charge is 0.490 e. The molecule has 4 aromatic carbocycles. The molecule has 0 saturated carbocycles. The fourth-order valence-corrected chi connectivity index (χ4v) is 5.23. The Hall–Kier alpha value is -5.76. The van der Waals surface area contributed by atoms with Crippen LogP contribution in [-0.2, 0) is 11.2 Å². The maximum absolute atomic E-state index is 12.4. The van der Waals surface area contributed by atoms with Gasteiger partial charge in [0.1, 0.15) is 5.82 Å². The number of nitro groups is 1. The topological polar surface area (TPSA) is 110 Å². The lowest BCUT2D eigenvalue weighted by atomic mass is 10.0. The zero-order valence-electron chi connectivity index (χ0n) is 25.9. The first-order chi connectivity index (χ1) is 22.5. The summed E-state index contributed by atoms with van der Waals surface area (Å²) in [5, 5.41) is 15.0. The van der Waals surface area contributed by atoms with Crippen molar-refractivity contribution in [2.45, 2.75) is 26.2 Å². The van der Waals surface area contributed by atoms with E-state index in [2.05, 4.69) is 22.4 Å². The number of hydrogen-bond donors (Lipinski definition) is 2. The molecule has 0 saturated heterocycles. The Balaban J connectivity index is 1.35. The van der Waals surface area contributed by atoms with E-state index in [9.17, 15) is 14.9 Å². The number of para-hydroxylation sites is 1. The molecule has 0 aliphatic heterocycles. The van der Waals surface area contributed by atoms with Gasteiger partial charge in [0.05, 0.1) is 29.0 Å². The van der Waals surface area contributed by atoms with E-state index in [1.54, 1.807) is 30.4 Å². The number of carbonyl (C=O) groups is 1. The van der Waals surface area contributed by atoms with Crippen LogP contribution in [0.3, 0.4) is 0 Å². The third-order valence-corrected chi connectivity index (χ3v) is 7.56. The van der Waals surface area contributed by atoms with Gasteiger partial charge < -0.3 is 15.0 Å². The molecule has 1 heterocycles. The number of aryl methyl sites for hydroxylation is 1. The number of unbranched alkanes of at least 4 members (excludes halogenated alkanes) is 1. The lowest BCUT2D eigenvalue weighted by molar-refractivity contribution is -0.385. The highest BCUT2D eigenvalue weighted by atomic mass is 16.6. The standard InChI is InChI=1S/C38H36N4O4/c1-3-10-27-16-21-30(22-17-27)35-36(41-38(40-35)32-14-9-15-33(46-2)37(32)42(44)45)31-23-18-29(19-24-31)20-25-34(43)39-26-8-7-13-28-11-5-4-6-12-28/h3-6,9-12,14-25H,7-8,13,26H2,1-2H3,(H,39,43)(H,40,41)/b10-3+,25-20+. The highest BCUT2D eigenvalue weighted by molar-refractivity contribution is 5.92. The summed E-state index contributed by atoms with van der Waals surface area (Å²) in [6.07, 6.45) is 10.2. The molecular formula is C38H36N4O4. The van der Waals surface area contributed by atoms with Crippen molar-refractivity contribution in [1.82, 2.24) is 15.3 Å². The average Bonchev–Trinajstić information content (AvgIpc) is 3.53. The predicted octanol–water partition coefficient (Wildman–Crippen LogP) is 8.51. The number of ether oxygens (including phenoxy) is 1. The summed E-state index contributed by atoms with van der Waals surface area (Å²) in [5.74, 6) is 0.381. The molecule has 0 unspecified atom stereocenters. The third-order valence-electron chi connectivity index (χ3n) is 7.56. The first-order valence-corrected chi connectivity index (χ1v) is 15.2. The summed E-state index contributed by atoms with van der Waals surface area (Å²) in [7, 11) is 1.41. The van der Waals surface area contributed by atoms with E-state index in [1.807, 2.05) is 85.8 Å². The van der Waals surface area contributed by atoms with Gasteiger partial charge in [0.2, 0.25) is 5.91 Å². The molecule has 0 spiro atoms. The number of nitrogens with zero attached hydrogens (tertiary/aromatic N) is 2. The number of nitro benzene ring substituents is 1. The first kappa shape index (κ1) is 31.7. The number of H-pyrrole nitrogens is 1. The summed E-state index contributed by atoms with van der Waals surface area (Å²) in [6.45, 7) is 2.59. The van der Waals surface area contributed by atoms with Crippen molar-refractivity contribution < 1.29 is 14.5 Å². The van der Waals surface area contributed by atoms with Crippen molar-refractivity contribution in [1.29, 1.82) is 0 Å². The Bertz CT molecular complexity index is 1840. The Labute approximate surface area is 268 Å². The number of benzene rings is 4. The molecule has 1 aromatic heterocycles. The fraction of sp³-hybridized carbons (Fsp3) is 0.158. The second-order valence-electron chi connectivity index (χ2n) is 10.7. The number of hydrogen-bond acceptors (Lipinski definition) is 5. The SMILES string of the molecule is C/C=C/c1ccc(-c2[nH]c(-c3cccc(OC)c3[N+](=O)[O-])nc2-c2ccc(/C=C/C(=O)NCCCCc3ccccc3)cc2)cc1. The molecule has 2 N–H and O–H groups in total. The monoisotopic (exact) mass is 612 g/mol. The van der Waals surface area contributed by atoms with Gasteiger partial charge in [0, 0.05) is 23.7 Å². The van der Waals surface area contributed by atoms with Crippen molar-refractivity contribution in [3.8, 4) is 39.7 Å².